The minimum atomic E-state index is -0.827. The van der Waals surface area contributed by atoms with Gasteiger partial charge in [-0.25, -0.2) is 0 Å². The smallest absolute Gasteiger partial charge is 0.227 e. The van der Waals surface area contributed by atoms with Crippen molar-refractivity contribution >= 4 is 17.5 Å². The number of aliphatic hydroxyl groups is 1. The third-order valence-corrected chi connectivity index (χ3v) is 4.82. The molecule has 0 aliphatic carbocycles. The molecule has 1 N–H and O–H groups in total. The average molecular weight is 326 g/mol. The molecule has 1 amide bonds. The number of rotatable bonds is 2. The van der Waals surface area contributed by atoms with E-state index in [1.807, 2.05) is 6.92 Å². The first-order valence-electron chi connectivity index (χ1n) is 7.45. The largest absolute Gasteiger partial charge is 0.486 e. The van der Waals surface area contributed by atoms with Crippen LogP contribution in [0.3, 0.4) is 0 Å². The normalized spacial score (nSPS) is 27.1. The van der Waals surface area contributed by atoms with Gasteiger partial charge in [-0.2, -0.15) is 0 Å². The Kier molecular flexibility index (Phi) is 3.95. The van der Waals surface area contributed by atoms with E-state index in [1.165, 1.54) is 0 Å². The van der Waals surface area contributed by atoms with Crippen molar-refractivity contribution < 1.29 is 19.4 Å². The highest BCUT2D eigenvalue weighted by atomic mass is 35.5. The monoisotopic (exact) mass is 325 g/mol. The Balaban J connectivity index is 1.75. The van der Waals surface area contributed by atoms with Gasteiger partial charge in [-0.05, 0) is 18.6 Å². The molecule has 2 atom stereocenters. The van der Waals surface area contributed by atoms with E-state index < -0.39 is 5.60 Å². The molecule has 0 bridgehead atoms. The van der Waals surface area contributed by atoms with Gasteiger partial charge in [0.2, 0.25) is 5.91 Å². The van der Waals surface area contributed by atoms with E-state index in [4.69, 9.17) is 21.1 Å². The Morgan fingerprint density at radius 2 is 2.05 bits per heavy atom. The van der Waals surface area contributed by atoms with Crippen molar-refractivity contribution in [3.63, 3.8) is 0 Å². The Hall–Kier alpha value is -1.46. The summed E-state index contributed by atoms with van der Waals surface area (Å²) < 4.78 is 11.0. The van der Waals surface area contributed by atoms with E-state index in [2.05, 4.69) is 0 Å². The molecule has 2 heterocycles. The molecule has 3 rings (SSSR count). The lowest BCUT2D eigenvalue weighted by Gasteiger charge is -2.22. The molecule has 1 aromatic carbocycles. The predicted molar refractivity (Wildman–Crippen MR) is 82.5 cm³/mol. The summed E-state index contributed by atoms with van der Waals surface area (Å²) in [6.07, 6.45) is 0.193. The lowest BCUT2D eigenvalue weighted by atomic mass is 9.95. The number of halogens is 1. The number of carbonyl (C=O) groups excluding carboxylic acids is 1. The Morgan fingerprint density at radius 1 is 1.41 bits per heavy atom. The van der Waals surface area contributed by atoms with Crippen molar-refractivity contribution in [1.82, 2.24) is 4.90 Å². The molecular weight excluding hydrogens is 306 g/mol. The van der Waals surface area contributed by atoms with E-state index in [0.29, 0.717) is 42.8 Å². The molecule has 120 valence electrons. The van der Waals surface area contributed by atoms with Crippen molar-refractivity contribution in [1.29, 1.82) is 0 Å². The maximum absolute atomic E-state index is 12.5. The minimum absolute atomic E-state index is 0.0387. The van der Waals surface area contributed by atoms with E-state index >= 15 is 0 Å². The Morgan fingerprint density at radius 3 is 2.64 bits per heavy atom. The van der Waals surface area contributed by atoms with E-state index in [-0.39, 0.29) is 18.2 Å². The molecular formula is C16H20ClNO4. The molecule has 1 unspecified atom stereocenters. The Bertz CT molecular complexity index is 602. The first-order chi connectivity index (χ1) is 10.4. The molecule has 1 aromatic rings. The van der Waals surface area contributed by atoms with Gasteiger partial charge in [0, 0.05) is 30.1 Å². The van der Waals surface area contributed by atoms with Crippen molar-refractivity contribution in [2.75, 3.05) is 26.3 Å². The summed E-state index contributed by atoms with van der Waals surface area (Å²) >= 11 is 6.24. The number of fused-ring (bicyclic) bond motifs is 1. The number of ether oxygens (including phenoxy) is 2. The molecule has 2 aliphatic heterocycles. The van der Waals surface area contributed by atoms with Crippen molar-refractivity contribution in [3.8, 4) is 11.5 Å². The van der Waals surface area contributed by atoms with Gasteiger partial charge < -0.3 is 19.5 Å². The highest BCUT2D eigenvalue weighted by Gasteiger charge is 2.40. The van der Waals surface area contributed by atoms with Gasteiger partial charge in [0.15, 0.2) is 11.5 Å². The zero-order valence-corrected chi connectivity index (χ0v) is 13.5. The SMILES string of the molecule is CC1CN(C(=O)Cc2cc3c(cc2Cl)OCCO3)C[C@]1(C)O. The third kappa shape index (κ3) is 2.88. The number of carbonyl (C=O) groups is 1. The van der Waals surface area contributed by atoms with Crippen LogP contribution in [0.4, 0.5) is 0 Å². The van der Waals surface area contributed by atoms with E-state index in [0.717, 1.165) is 5.56 Å². The zero-order chi connectivity index (χ0) is 15.9. The van der Waals surface area contributed by atoms with Crippen LogP contribution < -0.4 is 9.47 Å². The van der Waals surface area contributed by atoms with Gasteiger partial charge >= 0.3 is 0 Å². The van der Waals surface area contributed by atoms with Crippen LogP contribution in [-0.2, 0) is 11.2 Å². The summed E-state index contributed by atoms with van der Waals surface area (Å²) in [5, 5.41) is 10.7. The lowest BCUT2D eigenvalue weighted by molar-refractivity contribution is -0.130. The van der Waals surface area contributed by atoms with Crippen molar-refractivity contribution in [3.05, 3.63) is 22.7 Å². The number of β-amino-alcohol motifs (C(OH)–C–C–N with tert-alkyl or cyclic N) is 1. The van der Waals surface area contributed by atoms with E-state index in [9.17, 15) is 9.90 Å². The Labute approximate surface area is 134 Å². The summed E-state index contributed by atoms with van der Waals surface area (Å²) in [5.74, 6) is 1.26. The molecule has 0 saturated carbocycles. The van der Waals surface area contributed by atoms with Crippen LogP contribution in [0.5, 0.6) is 11.5 Å². The van der Waals surface area contributed by atoms with Crippen molar-refractivity contribution in [2.24, 2.45) is 5.92 Å². The number of benzene rings is 1. The standard InChI is InChI=1S/C16H20ClNO4/c1-10-8-18(9-16(10,2)20)15(19)6-11-5-13-14(7-12(11)17)22-4-3-21-13/h5,7,10,20H,3-4,6,8-9H2,1-2H3/t10?,16-/m0/s1. The molecule has 0 aromatic heterocycles. The zero-order valence-electron chi connectivity index (χ0n) is 12.8. The van der Waals surface area contributed by atoms with Crippen LogP contribution >= 0.6 is 11.6 Å². The summed E-state index contributed by atoms with van der Waals surface area (Å²) in [4.78, 5) is 14.1. The molecule has 1 saturated heterocycles. The molecule has 2 aliphatic rings. The number of nitrogens with zero attached hydrogens (tertiary/aromatic N) is 1. The minimum Gasteiger partial charge on any atom is -0.486 e. The molecule has 1 fully saturated rings. The summed E-state index contributed by atoms with van der Waals surface area (Å²) in [5.41, 5.74) is -0.109. The van der Waals surface area contributed by atoms with Crippen molar-refractivity contribution in [2.45, 2.75) is 25.9 Å². The van der Waals surface area contributed by atoms with Gasteiger partial charge in [-0.15, -0.1) is 0 Å². The van der Waals surface area contributed by atoms with E-state index in [1.54, 1.807) is 24.0 Å². The molecule has 22 heavy (non-hydrogen) atoms. The first kappa shape index (κ1) is 15.4. The molecule has 0 radical (unpaired) electrons. The number of hydrogen-bond acceptors (Lipinski definition) is 4. The van der Waals surface area contributed by atoms with Crippen LogP contribution in [0.1, 0.15) is 19.4 Å². The van der Waals surface area contributed by atoms with Crippen LogP contribution in [0.15, 0.2) is 12.1 Å². The van der Waals surface area contributed by atoms with Gasteiger partial charge in [0.05, 0.1) is 12.0 Å². The highest BCUT2D eigenvalue weighted by molar-refractivity contribution is 6.31. The van der Waals surface area contributed by atoms with Gasteiger partial charge in [-0.1, -0.05) is 18.5 Å². The average Bonchev–Trinajstić information content (AvgIpc) is 2.74. The second-order valence-corrected chi connectivity index (χ2v) is 6.70. The highest BCUT2D eigenvalue weighted by Crippen LogP contribution is 2.36. The number of likely N-dealkylation sites (tertiary alicyclic amines) is 1. The van der Waals surface area contributed by atoms with Gasteiger partial charge in [0.25, 0.3) is 0 Å². The summed E-state index contributed by atoms with van der Waals surface area (Å²) in [6.45, 7) is 5.63. The fraction of sp³-hybridized carbons (Fsp3) is 0.562. The maximum atomic E-state index is 12.5. The number of hydrogen-bond donors (Lipinski definition) is 1. The molecule has 6 heteroatoms. The summed E-state index contributed by atoms with van der Waals surface area (Å²) in [6, 6.07) is 3.47. The predicted octanol–water partition coefficient (Wildman–Crippen LogP) is 1.88. The van der Waals surface area contributed by atoms with Crippen LogP contribution in [0.2, 0.25) is 5.02 Å². The van der Waals surface area contributed by atoms with Crippen LogP contribution in [0, 0.1) is 5.92 Å². The second-order valence-electron chi connectivity index (χ2n) is 6.30. The topological polar surface area (TPSA) is 59.0 Å². The molecule has 0 spiro atoms. The fourth-order valence-electron chi connectivity index (χ4n) is 2.84. The quantitative estimate of drug-likeness (QED) is 0.902. The lowest BCUT2D eigenvalue weighted by Crippen LogP contribution is -2.35. The second kappa shape index (κ2) is 5.63. The summed E-state index contributed by atoms with van der Waals surface area (Å²) in [7, 11) is 0. The third-order valence-electron chi connectivity index (χ3n) is 4.47. The maximum Gasteiger partial charge on any atom is 0.227 e. The fourth-order valence-corrected chi connectivity index (χ4v) is 3.06. The van der Waals surface area contributed by atoms with Gasteiger partial charge in [0.1, 0.15) is 13.2 Å². The number of amides is 1. The first-order valence-corrected chi connectivity index (χ1v) is 7.83. The van der Waals surface area contributed by atoms with Gasteiger partial charge in [-0.3, -0.25) is 4.79 Å². The molecule has 5 nitrogen and oxygen atoms in total. The van der Waals surface area contributed by atoms with Crippen LogP contribution in [-0.4, -0.2) is 47.8 Å². The van der Waals surface area contributed by atoms with Crippen LogP contribution in [0.25, 0.3) is 0 Å².